The first-order chi connectivity index (χ1) is 10.5. The molecule has 0 radical (unpaired) electrons. The van der Waals surface area contributed by atoms with Crippen molar-refractivity contribution in [2.24, 2.45) is 0 Å². The van der Waals surface area contributed by atoms with Crippen LogP contribution in [0.2, 0.25) is 0 Å². The minimum Gasteiger partial charge on any atom is -0.454 e. The van der Waals surface area contributed by atoms with E-state index in [-0.39, 0.29) is 18.1 Å². The molecule has 1 aliphatic heterocycles. The minimum absolute atomic E-state index is 0.219. The summed E-state index contributed by atoms with van der Waals surface area (Å²) >= 11 is 3.27. The fourth-order valence-electron chi connectivity index (χ4n) is 2.37. The van der Waals surface area contributed by atoms with Crippen molar-refractivity contribution in [1.82, 2.24) is 5.32 Å². The highest BCUT2D eigenvalue weighted by molar-refractivity contribution is 9.10. The van der Waals surface area contributed by atoms with Gasteiger partial charge in [0.25, 0.3) is 0 Å². The van der Waals surface area contributed by atoms with Gasteiger partial charge < -0.3 is 14.8 Å². The zero-order chi connectivity index (χ0) is 15.7. The van der Waals surface area contributed by atoms with Gasteiger partial charge in [-0.2, -0.15) is 0 Å². The van der Waals surface area contributed by atoms with Crippen LogP contribution in [0.4, 0.5) is 4.39 Å². The van der Waals surface area contributed by atoms with Crippen molar-refractivity contribution in [2.75, 3.05) is 6.79 Å². The van der Waals surface area contributed by atoms with Gasteiger partial charge in [0.1, 0.15) is 5.82 Å². The Bertz CT molecular complexity index is 703. The lowest BCUT2D eigenvalue weighted by Crippen LogP contribution is -2.36. The highest BCUT2D eigenvalue weighted by Gasteiger charge is 2.23. The van der Waals surface area contributed by atoms with Crippen molar-refractivity contribution in [3.05, 3.63) is 57.8 Å². The quantitative estimate of drug-likeness (QED) is 0.873. The van der Waals surface area contributed by atoms with E-state index < -0.39 is 0 Å². The number of nitrogens with one attached hydrogen (secondary N) is 1. The molecule has 116 valence electrons. The highest BCUT2D eigenvalue weighted by atomic mass is 79.9. The minimum atomic E-state index is -0.319. The molecule has 2 aromatic carbocycles. The first-order valence-corrected chi connectivity index (χ1v) is 7.84. The molecule has 22 heavy (non-hydrogen) atoms. The molecule has 0 bridgehead atoms. The van der Waals surface area contributed by atoms with Gasteiger partial charge in [-0.05, 0) is 43.7 Å². The standard InChI is InChI=1S/C17H17BrFNO2/c1-17(2,12-4-6-15-16(7-12)22-10-21-15)20-9-11-3-5-13(18)8-14(11)19/h3-8,20H,9-10H2,1-2H3. The largest absolute Gasteiger partial charge is 0.454 e. The zero-order valence-electron chi connectivity index (χ0n) is 12.5. The highest BCUT2D eigenvalue weighted by Crippen LogP contribution is 2.35. The molecule has 1 heterocycles. The fraction of sp³-hybridized carbons (Fsp3) is 0.294. The molecule has 5 heteroatoms. The predicted octanol–water partition coefficient (Wildman–Crippen LogP) is 4.34. The summed E-state index contributed by atoms with van der Waals surface area (Å²) in [5.41, 5.74) is 1.38. The van der Waals surface area contributed by atoms with Crippen molar-refractivity contribution >= 4 is 15.9 Å². The van der Waals surface area contributed by atoms with Gasteiger partial charge in [-0.1, -0.05) is 28.1 Å². The van der Waals surface area contributed by atoms with Crippen molar-refractivity contribution < 1.29 is 13.9 Å². The Balaban J connectivity index is 1.75. The van der Waals surface area contributed by atoms with Gasteiger partial charge in [0, 0.05) is 22.1 Å². The molecular formula is C17H17BrFNO2. The van der Waals surface area contributed by atoms with E-state index in [4.69, 9.17) is 9.47 Å². The summed E-state index contributed by atoms with van der Waals surface area (Å²) < 4.78 is 25.4. The lowest BCUT2D eigenvalue weighted by Gasteiger charge is -2.27. The molecule has 0 fully saturated rings. The molecule has 0 aliphatic carbocycles. The van der Waals surface area contributed by atoms with Gasteiger partial charge in [-0.15, -0.1) is 0 Å². The average Bonchev–Trinajstić information content (AvgIpc) is 2.93. The maximum absolute atomic E-state index is 13.9. The van der Waals surface area contributed by atoms with Crippen molar-refractivity contribution in [1.29, 1.82) is 0 Å². The zero-order valence-corrected chi connectivity index (χ0v) is 14.0. The lowest BCUT2D eigenvalue weighted by molar-refractivity contribution is 0.174. The number of halogens is 2. The summed E-state index contributed by atoms with van der Waals surface area (Å²) in [5, 5.41) is 3.39. The van der Waals surface area contributed by atoms with E-state index in [1.807, 2.05) is 24.3 Å². The second kappa shape index (κ2) is 5.89. The van der Waals surface area contributed by atoms with E-state index >= 15 is 0 Å². The monoisotopic (exact) mass is 365 g/mol. The number of hydrogen-bond donors (Lipinski definition) is 1. The second-order valence-corrected chi connectivity index (χ2v) is 6.70. The number of ether oxygens (including phenoxy) is 2. The summed E-state index contributed by atoms with van der Waals surface area (Å²) in [7, 11) is 0. The molecule has 0 saturated carbocycles. The van der Waals surface area contributed by atoms with Crippen LogP contribution in [0.25, 0.3) is 0 Å². The summed E-state index contributed by atoms with van der Waals surface area (Å²) in [6.45, 7) is 4.82. The van der Waals surface area contributed by atoms with Gasteiger partial charge in [0.2, 0.25) is 6.79 Å². The molecule has 0 amide bonds. The summed E-state index contributed by atoms with van der Waals surface area (Å²) in [6.07, 6.45) is 0. The molecule has 0 unspecified atom stereocenters. The second-order valence-electron chi connectivity index (χ2n) is 5.78. The third kappa shape index (κ3) is 3.10. The van der Waals surface area contributed by atoms with Crippen LogP contribution in [0.15, 0.2) is 40.9 Å². The van der Waals surface area contributed by atoms with Gasteiger partial charge in [-0.25, -0.2) is 4.39 Å². The Morgan fingerprint density at radius 2 is 1.91 bits per heavy atom. The summed E-state index contributed by atoms with van der Waals surface area (Å²) in [4.78, 5) is 0. The molecule has 0 aromatic heterocycles. The third-order valence-electron chi connectivity index (χ3n) is 3.83. The van der Waals surface area contributed by atoms with Crippen LogP contribution in [0.1, 0.15) is 25.0 Å². The molecule has 0 saturated heterocycles. The molecule has 3 nitrogen and oxygen atoms in total. The first kappa shape index (κ1) is 15.3. The van der Waals surface area contributed by atoms with E-state index in [2.05, 4.69) is 35.1 Å². The van der Waals surface area contributed by atoms with E-state index in [1.165, 1.54) is 6.07 Å². The van der Waals surface area contributed by atoms with E-state index in [0.29, 0.717) is 12.1 Å². The number of fused-ring (bicyclic) bond motifs is 1. The molecule has 3 rings (SSSR count). The topological polar surface area (TPSA) is 30.5 Å². The Morgan fingerprint density at radius 3 is 2.68 bits per heavy atom. The van der Waals surface area contributed by atoms with Gasteiger partial charge in [-0.3, -0.25) is 0 Å². The van der Waals surface area contributed by atoms with Crippen LogP contribution in [0.3, 0.4) is 0 Å². The maximum atomic E-state index is 13.9. The fourth-order valence-corrected chi connectivity index (χ4v) is 2.70. The van der Waals surface area contributed by atoms with Gasteiger partial charge in [0.05, 0.1) is 0 Å². The van der Waals surface area contributed by atoms with Crippen molar-refractivity contribution in [2.45, 2.75) is 25.9 Å². The molecule has 1 aliphatic rings. The van der Waals surface area contributed by atoms with Crippen LogP contribution in [0, 0.1) is 5.82 Å². The van der Waals surface area contributed by atoms with E-state index in [0.717, 1.165) is 21.5 Å². The Hall–Kier alpha value is -1.59. The Kier molecular flexibility index (Phi) is 4.10. The average molecular weight is 366 g/mol. The predicted molar refractivity (Wildman–Crippen MR) is 86.5 cm³/mol. The molecule has 0 spiro atoms. The number of rotatable bonds is 4. The number of benzene rings is 2. The summed E-state index contributed by atoms with van der Waals surface area (Å²) in [5.74, 6) is 1.30. The van der Waals surface area contributed by atoms with Crippen LogP contribution in [-0.4, -0.2) is 6.79 Å². The van der Waals surface area contributed by atoms with Crippen LogP contribution < -0.4 is 14.8 Å². The van der Waals surface area contributed by atoms with Crippen molar-refractivity contribution in [3.63, 3.8) is 0 Å². The van der Waals surface area contributed by atoms with Crippen LogP contribution >= 0.6 is 15.9 Å². The van der Waals surface area contributed by atoms with Gasteiger partial charge in [0.15, 0.2) is 11.5 Å². The lowest BCUT2D eigenvalue weighted by atomic mass is 9.93. The SMILES string of the molecule is CC(C)(NCc1ccc(Br)cc1F)c1ccc2c(c1)OCO2. The summed E-state index contributed by atoms with van der Waals surface area (Å²) in [6, 6.07) is 11.0. The van der Waals surface area contributed by atoms with Crippen LogP contribution in [0.5, 0.6) is 11.5 Å². The molecule has 0 atom stereocenters. The smallest absolute Gasteiger partial charge is 0.231 e. The molecular weight excluding hydrogens is 349 g/mol. The normalized spacial score (nSPS) is 13.5. The maximum Gasteiger partial charge on any atom is 0.231 e. The van der Waals surface area contributed by atoms with E-state index in [9.17, 15) is 4.39 Å². The Morgan fingerprint density at radius 1 is 1.14 bits per heavy atom. The Labute approximate surface area is 137 Å². The molecule has 1 N–H and O–H groups in total. The first-order valence-electron chi connectivity index (χ1n) is 7.05. The van der Waals surface area contributed by atoms with Gasteiger partial charge >= 0.3 is 0 Å². The van der Waals surface area contributed by atoms with E-state index in [1.54, 1.807) is 6.07 Å². The third-order valence-corrected chi connectivity index (χ3v) is 4.32. The van der Waals surface area contributed by atoms with Crippen LogP contribution in [-0.2, 0) is 12.1 Å². The number of hydrogen-bond acceptors (Lipinski definition) is 3. The molecule has 2 aromatic rings. The van der Waals surface area contributed by atoms with Crippen molar-refractivity contribution in [3.8, 4) is 11.5 Å².